The van der Waals surface area contributed by atoms with Crippen LogP contribution >= 0.6 is 24.0 Å². The number of amides is 1. The Kier molecular flexibility index (Phi) is 13.1. The molecule has 1 amide bonds. The van der Waals surface area contributed by atoms with E-state index in [1.807, 2.05) is 0 Å². The van der Waals surface area contributed by atoms with Gasteiger partial charge in [-0.05, 0) is 64.5 Å². The van der Waals surface area contributed by atoms with Gasteiger partial charge in [0, 0.05) is 46.4 Å². The van der Waals surface area contributed by atoms with Gasteiger partial charge in [-0.1, -0.05) is 0 Å². The molecule has 0 bridgehead atoms. The average molecular weight is 509 g/mol. The molecule has 7 nitrogen and oxygen atoms in total. The van der Waals surface area contributed by atoms with E-state index in [1.54, 1.807) is 0 Å². The van der Waals surface area contributed by atoms with E-state index in [0.717, 1.165) is 83.6 Å². The van der Waals surface area contributed by atoms with E-state index >= 15 is 0 Å². The third kappa shape index (κ3) is 9.26. The van der Waals surface area contributed by atoms with Gasteiger partial charge in [0.05, 0.1) is 5.92 Å². The Bertz CT molecular complexity index is 472. The van der Waals surface area contributed by atoms with Crippen LogP contribution in [0.15, 0.2) is 4.99 Å². The number of nitrogens with two attached hydrogens (primary N) is 1. The zero-order valence-electron chi connectivity index (χ0n) is 17.7. The predicted molar refractivity (Wildman–Crippen MR) is 125 cm³/mol. The number of carbonyl (C=O) groups is 1. The molecule has 8 heteroatoms. The van der Waals surface area contributed by atoms with Crippen molar-refractivity contribution in [2.45, 2.75) is 45.4 Å². The molecule has 0 radical (unpaired) electrons. The molecule has 0 aromatic rings. The van der Waals surface area contributed by atoms with Gasteiger partial charge in [0.15, 0.2) is 5.96 Å². The van der Waals surface area contributed by atoms with Crippen molar-refractivity contribution in [3.05, 3.63) is 0 Å². The van der Waals surface area contributed by atoms with Gasteiger partial charge < -0.3 is 25.6 Å². The van der Waals surface area contributed by atoms with E-state index in [2.05, 4.69) is 29.1 Å². The number of aliphatic imine (C=N–C) groups is 1. The summed E-state index contributed by atoms with van der Waals surface area (Å²) in [6.45, 7) is 9.52. The molecule has 3 N–H and O–H groups in total. The van der Waals surface area contributed by atoms with E-state index in [0.29, 0.717) is 0 Å². The number of primary amides is 1. The van der Waals surface area contributed by atoms with Gasteiger partial charge in [-0.15, -0.1) is 24.0 Å². The quantitative estimate of drug-likeness (QED) is 0.215. The molecule has 1 unspecified atom stereocenters. The third-order valence-corrected chi connectivity index (χ3v) is 5.71. The van der Waals surface area contributed by atoms with Crippen molar-refractivity contribution in [2.24, 2.45) is 22.6 Å². The molecule has 2 heterocycles. The first-order valence-corrected chi connectivity index (χ1v) is 10.7. The number of ether oxygens (including phenoxy) is 1. The second kappa shape index (κ2) is 14.4. The van der Waals surface area contributed by atoms with Gasteiger partial charge in [-0.2, -0.15) is 0 Å². The van der Waals surface area contributed by atoms with E-state index in [9.17, 15) is 4.79 Å². The molecule has 164 valence electrons. The third-order valence-electron chi connectivity index (χ3n) is 5.71. The van der Waals surface area contributed by atoms with Crippen molar-refractivity contribution in [1.29, 1.82) is 0 Å². The molecule has 2 aliphatic heterocycles. The van der Waals surface area contributed by atoms with Crippen LogP contribution in [0.25, 0.3) is 0 Å². The highest BCUT2D eigenvalue weighted by Gasteiger charge is 2.23. The molecule has 0 saturated carbocycles. The van der Waals surface area contributed by atoms with Gasteiger partial charge in [0.1, 0.15) is 0 Å². The SMILES string of the molecule is CCNC(=NCCCN1CCCC(C(N)=O)C1)N(C)CCC1CCOCC1.I. The average Bonchev–Trinajstić information content (AvgIpc) is 2.69. The molecule has 28 heavy (non-hydrogen) atoms. The van der Waals surface area contributed by atoms with Crippen LogP contribution in [-0.4, -0.2) is 81.2 Å². The Morgan fingerprint density at radius 2 is 2.07 bits per heavy atom. The number of rotatable bonds is 9. The zero-order valence-corrected chi connectivity index (χ0v) is 20.0. The molecule has 2 aliphatic rings. The first-order valence-electron chi connectivity index (χ1n) is 10.7. The van der Waals surface area contributed by atoms with Crippen LogP contribution in [0.5, 0.6) is 0 Å². The van der Waals surface area contributed by atoms with Gasteiger partial charge in [0.2, 0.25) is 5.91 Å². The molecule has 0 aliphatic carbocycles. The Balaban J connectivity index is 0.00000392. The highest BCUT2D eigenvalue weighted by Crippen LogP contribution is 2.18. The topological polar surface area (TPSA) is 83.2 Å². The van der Waals surface area contributed by atoms with Gasteiger partial charge in [0.25, 0.3) is 0 Å². The highest BCUT2D eigenvalue weighted by molar-refractivity contribution is 14.0. The fraction of sp³-hybridized carbons (Fsp3) is 0.900. The number of hydrogen-bond acceptors (Lipinski definition) is 4. The monoisotopic (exact) mass is 509 g/mol. The number of hydrogen-bond donors (Lipinski definition) is 2. The summed E-state index contributed by atoms with van der Waals surface area (Å²) in [5.74, 6) is 1.65. The van der Waals surface area contributed by atoms with Crippen molar-refractivity contribution in [3.63, 3.8) is 0 Å². The van der Waals surface area contributed by atoms with Crippen molar-refractivity contribution in [3.8, 4) is 0 Å². The van der Waals surface area contributed by atoms with Crippen LogP contribution in [0.2, 0.25) is 0 Å². The summed E-state index contributed by atoms with van der Waals surface area (Å²) in [5, 5.41) is 3.41. The minimum Gasteiger partial charge on any atom is -0.381 e. The maximum absolute atomic E-state index is 11.4. The minimum absolute atomic E-state index is 0. The van der Waals surface area contributed by atoms with Crippen LogP contribution in [0.4, 0.5) is 0 Å². The van der Waals surface area contributed by atoms with E-state index in [4.69, 9.17) is 15.5 Å². The Hall–Kier alpha value is -0.610. The standard InChI is InChI=1S/C20H39N5O2.HI/c1-3-22-20(24(2)13-7-17-8-14-27-15-9-17)23-10-5-12-25-11-4-6-18(16-25)19(21)26;/h17-18H,3-16H2,1-2H3,(H2,21,26)(H,22,23);1H. The Morgan fingerprint density at radius 1 is 1.32 bits per heavy atom. The molecule has 1 atom stereocenters. The lowest BCUT2D eigenvalue weighted by Gasteiger charge is -2.31. The fourth-order valence-electron chi connectivity index (χ4n) is 3.96. The lowest BCUT2D eigenvalue weighted by molar-refractivity contribution is -0.123. The zero-order chi connectivity index (χ0) is 19.5. The summed E-state index contributed by atoms with van der Waals surface area (Å²) >= 11 is 0. The molecule has 2 saturated heterocycles. The largest absolute Gasteiger partial charge is 0.381 e. The maximum Gasteiger partial charge on any atom is 0.221 e. The number of piperidine rings is 1. The minimum atomic E-state index is -0.154. The molecule has 0 aromatic heterocycles. The fourth-order valence-corrected chi connectivity index (χ4v) is 3.96. The van der Waals surface area contributed by atoms with E-state index in [1.165, 1.54) is 19.3 Å². The maximum atomic E-state index is 11.4. The summed E-state index contributed by atoms with van der Waals surface area (Å²) in [6, 6.07) is 0. The number of guanidine groups is 1. The van der Waals surface area contributed by atoms with Gasteiger partial charge in [-0.3, -0.25) is 9.79 Å². The van der Waals surface area contributed by atoms with Crippen LogP contribution in [-0.2, 0) is 9.53 Å². The van der Waals surface area contributed by atoms with Gasteiger partial charge >= 0.3 is 0 Å². The highest BCUT2D eigenvalue weighted by atomic mass is 127. The first-order chi connectivity index (χ1) is 13.1. The second-order valence-electron chi connectivity index (χ2n) is 7.90. The van der Waals surface area contributed by atoms with E-state index in [-0.39, 0.29) is 35.8 Å². The van der Waals surface area contributed by atoms with E-state index < -0.39 is 0 Å². The smallest absolute Gasteiger partial charge is 0.221 e. The van der Waals surface area contributed by atoms with Crippen LogP contribution < -0.4 is 11.1 Å². The molecular formula is C20H40IN5O2. The van der Waals surface area contributed by atoms with Crippen molar-refractivity contribution in [1.82, 2.24) is 15.1 Å². The number of nitrogens with one attached hydrogen (secondary N) is 1. The Labute approximate surface area is 187 Å². The predicted octanol–water partition coefficient (Wildman–Crippen LogP) is 1.91. The summed E-state index contributed by atoms with van der Waals surface area (Å²) in [4.78, 5) is 20.8. The van der Waals surface area contributed by atoms with Crippen LogP contribution in [0.1, 0.15) is 45.4 Å². The van der Waals surface area contributed by atoms with Crippen molar-refractivity contribution >= 4 is 35.8 Å². The Morgan fingerprint density at radius 3 is 2.75 bits per heavy atom. The molecular weight excluding hydrogens is 469 g/mol. The molecule has 0 aromatic carbocycles. The van der Waals surface area contributed by atoms with Gasteiger partial charge in [-0.25, -0.2) is 0 Å². The number of likely N-dealkylation sites (tertiary alicyclic amines) is 1. The number of halogens is 1. The van der Waals surface area contributed by atoms with Crippen LogP contribution in [0.3, 0.4) is 0 Å². The van der Waals surface area contributed by atoms with Crippen molar-refractivity contribution in [2.75, 3.05) is 59.5 Å². The lowest BCUT2D eigenvalue weighted by atomic mass is 9.96. The number of nitrogens with zero attached hydrogens (tertiary/aromatic N) is 3. The summed E-state index contributed by atoms with van der Waals surface area (Å²) in [5.41, 5.74) is 5.46. The summed E-state index contributed by atoms with van der Waals surface area (Å²) < 4.78 is 5.45. The normalized spacial score (nSPS) is 21.8. The summed E-state index contributed by atoms with van der Waals surface area (Å²) in [6.07, 6.45) is 6.58. The number of carbonyl (C=O) groups excluding carboxylic acids is 1. The summed E-state index contributed by atoms with van der Waals surface area (Å²) in [7, 11) is 2.13. The van der Waals surface area contributed by atoms with Crippen molar-refractivity contribution < 1.29 is 9.53 Å². The first kappa shape index (κ1) is 25.4. The molecule has 0 spiro atoms. The molecule has 2 rings (SSSR count). The molecule has 2 fully saturated rings. The second-order valence-corrected chi connectivity index (χ2v) is 7.90. The lowest BCUT2D eigenvalue weighted by Crippen LogP contribution is -2.42. The van der Waals surface area contributed by atoms with Crippen LogP contribution in [0, 0.1) is 11.8 Å².